The van der Waals surface area contributed by atoms with Gasteiger partial charge in [0.25, 0.3) is 0 Å². The molecule has 2 aromatic rings. The van der Waals surface area contributed by atoms with Crippen molar-refractivity contribution in [3.63, 3.8) is 0 Å². The number of hydrogen-bond donors (Lipinski definition) is 2. The summed E-state index contributed by atoms with van der Waals surface area (Å²) in [5.74, 6) is 1.64. The van der Waals surface area contributed by atoms with Crippen molar-refractivity contribution in [3.8, 4) is 11.5 Å². The highest BCUT2D eigenvalue weighted by Gasteiger charge is 2.12. The van der Waals surface area contributed by atoms with Gasteiger partial charge in [-0.3, -0.25) is 0 Å². The van der Waals surface area contributed by atoms with Crippen molar-refractivity contribution in [2.24, 2.45) is 0 Å². The highest BCUT2D eigenvalue weighted by Crippen LogP contribution is 2.28. The van der Waals surface area contributed by atoms with Gasteiger partial charge in [-0.1, -0.05) is 38.1 Å². The fourth-order valence-electron chi connectivity index (χ4n) is 2.67. The molecule has 5 heteroatoms. The molecule has 25 heavy (non-hydrogen) atoms. The summed E-state index contributed by atoms with van der Waals surface area (Å²) in [6, 6.07) is 11.4. The molecule has 0 heterocycles. The molecular weight excluding hydrogens is 316 g/mol. The van der Waals surface area contributed by atoms with Gasteiger partial charge in [0.05, 0.1) is 14.2 Å². The molecule has 5 nitrogen and oxygen atoms in total. The molecule has 0 aliphatic heterocycles. The van der Waals surface area contributed by atoms with Crippen molar-refractivity contribution in [2.45, 2.75) is 33.2 Å². The summed E-state index contributed by atoms with van der Waals surface area (Å²) in [5.41, 5.74) is 3.98. The van der Waals surface area contributed by atoms with Crippen LogP contribution in [0.5, 0.6) is 11.5 Å². The number of amides is 2. The normalized spacial score (nSPS) is 10.5. The van der Waals surface area contributed by atoms with Gasteiger partial charge in [0, 0.05) is 12.2 Å². The number of nitrogens with one attached hydrogen (secondary N) is 2. The Bertz CT molecular complexity index is 742. The number of aryl methyl sites for hydroxylation is 1. The largest absolute Gasteiger partial charge is 0.493 e. The Hall–Kier alpha value is -2.69. The van der Waals surface area contributed by atoms with E-state index in [1.165, 1.54) is 0 Å². The number of benzene rings is 2. The zero-order valence-corrected chi connectivity index (χ0v) is 15.5. The van der Waals surface area contributed by atoms with E-state index in [-0.39, 0.29) is 6.03 Å². The Balaban J connectivity index is 2.05. The Kier molecular flexibility index (Phi) is 6.28. The van der Waals surface area contributed by atoms with Crippen molar-refractivity contribution in [1.29, 1.82) is 0 Å². The van der Waals surface area contributed by atoms with Gasteiger partial charge in [0.1, 0.15) is 0 Å². The molecule has 0 unspecified atom stereocenters. The van der Waals surface area contributed by atoms with Gasteiger partial charge in [-0.2, -0.15) is 0 Å². The molecule has 0 aliphatic carbocycles. The monoisotopic (exact) mass is 342 g/mol. The molecule has 0 fully saturated rings. The quantitative estimate of drug-likeness (QED) is 0.815. The van der Waals surface area contributed by atoms with Crippen LogP contribution < -0.4 is 20.1 Å². The molecule has 0 aliphatic rings. The first-order valence-electron chi connectivity index (χ1n) is 8.31. The van der Waals surface area contributed by atoms with E-state index in [1.54, 1.807) is 14.2 Å². The molecular formula is C20H26N2O3. The molecule has 0 aromatic heterocycles. The average Bonchev–Trinajstić information content (AvgIpc) is 2.61. The smallest absolute Gasteiger partial charge is 0.319 e. The predicted octanol–water partition coefficient (Wildman–Crippen LogP) is 4.46. The number of anilines is 1. The fourth-order valence-corrected chi connectivity index (χ4v) is 2.67. The van der Waals surface area contributed by atoms with E-state index < -0.39 is 0 Å². The summed E-state index contributed by atoms with van der Waals surface area (Å²) < 4.78 is 10.5. The lowest BCUT2D eigenvalue weighted by molar-refractivity contribution is 0.251. The van der Waals surface area contributed by atoms with Gasteiger partial charge >= 0.3 is 6.03 Å². The summed E-state index contributed by atoms with van der Waals surface area (Å²) in [7, 11) is 3.19. The maximum atomic E-state index is 12.3. The molecule has 0 spiro atoms. The van der Waals surface area contributed by atoms with Gasteiger partial charge in [0.15, 0.2) is 11.5 Å². The van der Waals surface area contributed by atoms with Crippen LogP contribution in [0.3, 0.4) is 0 Å². The summed E-state index contributed by atoms with van der Waals surface area (Å²) in [4.78, 5) is 12.3. The van der Waals surface area contributed by atoms with E-state index in [0.717, 1.165) is 22.4 Å². The summed E-state index contributed by atoms with van der Waals surface area (Å²) >= 11 is 0. The Morgan fingerprint density at radius 3 is 2.44 bits per heavy atom. The summed E-state index contributed by atoms with van der Waals surface area (Å²) in [6.45, 7) is 6.62. The lowest BCUT2D eigenvalue weighted by Gasteiger charge is -2.17. The first-order chi connectivity index (χ1) is 12.0. The van der Waals surface area contributed by atoms with Crippen LogP contribution in [0.2, 0.25) is 0 Å². The van der Waals surface area contributed by atoms with Crippen molar-refractivity contribution < 1.29 is 14.3 Å². The van der Waals surface area contributed by atoms with Crippen molar-refractivity contribution >= 4 is 11.7 Å². The Morgan fingerprint density at radius 2 is 1.80 bits per heavy atom. The second-order valence-electron chi connectivity index (χ2n) is 6.19. The third-order valence-electron chi connectivity index (χ3n) is 4.07. The van der Waals surface area contributed by atoms with Gasteiger partial charge < -0.3 is 20.1 Å². The Labute approximate surface area is 149 Å². The van der Waals surface area contributed by atoms with E-state index in [0.29, 0.717) is 24.0 Å². The van der Waals surface area contributed by atoms with Gasteiger partial charge in [-0.25, -0.2) is 4.79 Å². The van der Waals surface area contributed by atoms with Crippen LogP contribution in [-0.4, -0.2) is 20.3 Å². The third kappa shape index (κ3) is 4.66. The minimum Gasteiger partial charge on any atom is -0.493 e. The van der Waals surface area contributed by atoms with E-state index in [9.17, 15) is 4.79 Å². The number of carbonyl (C=O) groups is 1. The van der Waals surface area contributed by atoms with Crippen LogP contribution in [0.1, 0.15) is 36.5 Å². The maximum absolute atomic E-state index is 12.3. The van der Waals surface area contributed by atoms with Crippen molar-refractivity contribution in [2.75, 3.05) is 19.5 Å². The third-order valence-corrected chi connectivity index (χ3v) is 4.07. The van der Waals surface area contributed by atoms with Crippen LogP contribution in [0.25, 0.3) is 0 Å². The van der Waals surface area contributed by atoms with Crippen molar-refractivity contribution in [3.05, 3.63) is 53.1 Å². The number of ether oxygens (including phenoxy) is 2. The highest BCUT2D eigenvalue weighted by atomic mass is 16.5. The van der Waals surface area contributed by atoms with E-state index in [2.05, 4.69) is 24.5 Å². The molecule has 0 atom stereocenters. The predicted molar refractivity (Wildman–Crippen MR) is 101 cm³/mol. The topological polar surface area (TPSA) is 59.6 Å². The molecule has 2 rings (SSSR count). The van der Waals surface area contributed by atoms with Crippen molar-refractivity contribution in [1.82, 2.24) is 5.32 Å². The van der Waals surface area contributed by atoms with Gasteiger partial charge in [-0.15, -0.1) is 0 Å². The van der Waals surface area contributed by atoms with Gasteiger partial charge in [0.2, 0.25) is 0 Å². The molecule has 134 valence electrons. The average molecular weight is 342 g/mol. The highest BCUT2D eigenvalue weighted by molar-refractivity contribution is 5.91. The molecule has 0 saturated heterocycles. The molecule has 0 bridgehead atoms. The number of carbonyl (C=O) groups excluding carboxylic acids is 1. The number of methoxy groups -OCH3 is 2. The van der Waals surface area contributed by atoms with Crippen LogP contribution in [0, 0.1) is 6.92 Å². The van der Waals surface area contributed by atoms with E-state index >= 15 is 0 Å². The Morgan fingerprint density at radius 1 is 1.08 bits per heavy atom. The zero-order valence-electron chi connectivity index (χ0n) is 15.5. The minimum atomic E-state index is -0.231. The second-order valence-corrected chi connectivity index (χ2v) is 6.19. The first-order valence-corrected chi connectivity index (χ1v) is 8.31. The molecule has 2 N–H and O–H groups in total. The number of rotatable bonds is 6. The maximum Gasteiger partial charge on any atom is 0.319 e. The number of urea groups is 1. The lowest BCUT2D eigenvalue weighted by Crippen LogP contribution is -2.29. The minimum absolute atomic E-state index is 0.231. The molecule has 0 saturated carbocycles. The van der Waals surface area contributed by atoms with E-state index in [4.69, 9.17) is 9.47 Å². The number of hydrogen-bond acceptors (Lipinski definition) is 3. The van der Waals surface area contributed by atoms with Gasteiger partial charge in [-0.05, 0) is 41.7 Å². The summed E-state index contributed by atoms with van der Waals surface area (Å²) in [6.07, 6.45) is 0. The zero-order chi connectivity index (χ0) is 18.4. The molecule has 2 amide bonds. The van der Waals surface area contributed by atoms with Crippen LogP contribution in [0.4, 0.5) is 10.5 Å². The molecule has 2 aromatic carbocycles. The standard InChI is InChI=1S/C20H26N2O3/c1-13(2)16-8-6-7-14(3)19(16)22-20(23)21-12-15-9-10-17(24-4)18(11-15)25-5/h6-11,13H,12H2,1-5H3,(H2,21,22,23). The number of para-hydroxylation sites is 1. The van der Waals surface area contributed by atoms with Crippen LogP contribution in [0.15, 0.2) is 36.4 Å². The molecule has 0 radical (unpaired) electrons. The van der Waals surface area contributed by atoms with Crippen LogP contribution >= 0.6 is 0 Å². The summed E-state index contributed by atoms with van der Waals surface area (Å²) in [5, 5.41) is 5.86. The second kappa shape index (κ2) is 8.42. The first kappa shape index (κ1) is 18.6. The lowest BCUT2D eigenvalue weighted by atomic mass is 9.98. The fraction of sp³-hybridized carbons (Fsp3) is 0.350. The van der Waals surface area contributed by atoms with E-state index in [1.807, 2.05) is 43.3 Å². The van der Waals surface area contributed by atoms with Crippen LogP contribution in [-0.2, 0) is 6.54 Å². The SMILES string of the molecule is COc1ccc(CNC(=O)Nc2c(C)cccc2C(C)C)cc1OC.